The van der Waals surface area contributed by atoms with Gasteiger partial charge < -0.3 is 5.73 Å². The van der Waals surface area contributed by atoms with E-state index in [-0.39, 0.29) is 0 Å². The molecule has 2 unspecified atom stereocenters. The smallest absolute Gasteiger partial charge is 0.240 e. The summed E-state index contributed by atoms with van der Waals surface area (Å²) in [7, 11) is 0. The molecule has 0 spiro atoms. The average molecular weight is 232 g/mol. The van der Waals surface area contributed by atoms with E-state index in [0.717, 1.165) is 0 Å². The van der Waals surface area contributed by atoms with Crippen molar-refractivity contribution in [3.05, 3.63) is 35.9 Å². The predicted molar refractivity (Wildman–Crippen MR) is 59.6 cm³/mol. The summed E-state index contributed by atoms with van der Waals surface area (Å²) in [6.07, 6.45) is 0. The molecule has 88 valence electrons. The van der Waals surface area contributed by atoms with Crippen molar-refractivity contribution in [2.24, 2.45) is 11.7 Å². The Balaban J connectivity index is 2.57. The number of hydrogen-bond acceptors (Lipinski definition) is 3. The molecule has 1 aromatic carbocycles. The third kappa shape index (κ3) is 1.51. The van der Waals surface area contributed by atoms with Crippen LogP contribution >= 0.6 is 0 Å². The van der Waals surface area contributed by atoms with E-state index in [9.17, 15) is 14.4 Å². The van der Waals surface area contributed by atoms with Crippen molar-refractivity contribution in [2.75, 3.05) is 0 Å². The summed E-state index contributed by atoms with van der Waals surface area (Å²) in [5, 5.41) is 2.16. The maximum absolute atomic E-state index is 11.9. The van der Waals surface area contributed by atoms with Gasteiger partial charge in [-0.1, -0.05) is 30.3 Å². The lowest BCUT2D eigenvalue weighted by atomic mass is 9.73. The Morgan fingerprint density at radius 2 is 1.88 bits per heavy atom. The number of nitrogens with one attached hydrogen (secondary N) is 1. The number of nitrogens with two attached hydrogens (primary N) is 1. The summed E-state index contributed by atoms with van der Waals surface area (Å²) in [6.45, 7) is 1.55. The van der Waals surface area contributed by atoms with Gasteiger partial charge in [0.05, 0.1) is 5.41 Å². The number of imide groups is 1. The van der Waals surface area contributed by atoms with Gasteiger partial charge in [-0.05, 0) is 12.5 Å². The van der Waals surface area contributed by atoms with Crippen molar-refractivity contribution < 1.29 is 14.4 Å². The van der Waals surface area contributed by atoms with Gasteiger partial charge in [-0.25, -0.2) is 0 Å². The minimum Gasteiger partial charge on any atom is -0.369 e. The summed E-state index contributed by atoms with van der Waals surface area (Å²) < 4.78 is 0. The van der Waals surface area contributed by atoms with E-state index in [2.05, 4.69) is 5.32 Å². The molecular weight excluding hydrogens is 220 g/mol. The van der Waals surface area contributed by atoms with Gasteiger partial charge in [0.15, 0.2) is 0 Å². The first-order chi connectivity index (χ1) is 7.98. The molecule has 1 aliphatic rings. The fourth-order valence-electron chi connectivity index (χ4n) is 2.20. The van der Waals surface area contributed by atoms with E-state index in [4.69, 9.17) is 5.73 Å². The molecule has 0 radical (unpaired) electrons. The van der Waals surface area contributed by atoms with E-state index in [0.29, 0.717) is 5.56 Å². The van der Waals surface area contributed by atoms with Crippen molar-refractivity contribution in [3.63, 3.8) is 0 Å². The molecule has 1 saturated heterocycles. The summed E-state index contributed by atoms with van der Waals surface area (Å²) in [6, 6.07) is 8.69. The van der Waals surface area contributed by atoms with Gasteiger partial charge in [0.25, 0.3) is 0 Å². The maximum atomic E-state index is 11.9. The Hall–Kier alpha value is -2.17. The zero-order valence-electron chi connectivity index (χ0n) is 9.27. The average Bonchev–Trinajstić information content (AvgIpc) is 2.51. The number of carbonyl (C=O) groups excluding carboxylic acids is 3. The highest BCUT2D eigenvalue weighted by atomic mass is 16.2. The Morgan fingerprint density at radius 1 is 1.29 bits per heavy atom. The number of amides is 3. The zero-order valence-corrected chi connectivity index (χ0v) is 9.27. The molecule has 17 heavy (non-hydrogen) atoms. The van der Waals surface area contributed by atoms with Crippen LogP contribution in [-0.2, 0) is 19.8 Å². The number of rotatable bonds is 2. The molecule has 0 saturated carbocycles. The zero-order chi connectivity index (χ0) is 12.6. The molecule has 0 aromatic heterocycles. The van der Waals surface area contributed by atoms with Crippen LogP contribution in [0.4, 0.5) is 0 Å². The van der Waals surface area contributed by atoms with E-state index >= 15 is 0 Å². The lowest BCUT2D eigenvalue weighted by Gasteiger charge is -2.25. The molecular formula is C12H12N2O3. The van der Waals surface area contributed by atoms with E-state index in [1.165, 1.54) is 0 Å². The second-order valence-corrected chi connectivity index (χ2v) is 4.22. The van der Waals surface area contributed by atoms with Crippen LogP contribution in [0.3, 0.4) is 0 Å². The lowest BCUT2D eigenvalue weighted by Crippen LogP contribution is -2.43. The second kappa shape index (κ2) is 3.69. The summed E-state index contributed by atoms with van der Waals surface area (Å²) in [5.41, 5.74) is 4.60. The lowest BCUT2D eigenvalue weighted by molar-refractivity contribution is -0.133. The first-order valence-electron chi connectivity index (χ1n) is 5.18. The number of hydrogen-bond donors (Lipinski definition) is 2. The maximum Gasteiger partial charge on any atom is 0.240 e. The highest BCUT2D eigenvalue weighted by Gasteiger charge is 2.55. The molecule has 1 aromatic rings. The third-order valence-corrected chi connectivity index (χ3v) is 3.21. The topological polar surface area (TPSA) is 89.3 Å². The van der Waals surface area contributed by atoms with Crippen LogP contribution in [0.5, 0.6) is 0 Å². The van der Waals surface area contributed by atoms with Gasteiger partial charge in [0.2, 0.25) is 17.7 Å². The molecule has 1 heterocycles. The van der Waals surface area contributed by atoms with Crippen LogP contribution in [0, 0.1) is 5.92 Å². The van der Waals surface area contributed by atoms with Gasteiger partial charge >= 0.3 is 0 Å². The van der Waals surface area contributed by atoms with Gasteiger partial charge in [0, 0.05) is 0 Å². The summed E-state index contributed by atoms with van der Waals surface area (Å²) in [4.78, 5) is 34.8. The standard InChI is InChI=1S/C12H12N2O3/c1-12(7-5-3-2-4-6-7)8(9(13)15)10(16)14-11(12)17/h2-6,8H,1H3,(H2,13,15)(H,14,16,17). The molecule has 0 bridgehead atoms. The van der Waals surface area contributed by atoms with E-state index in [1.807, 2.05) is 0 Å². The molecule has 2 rings (SSSR count). The molecule has 5 nitrogen and oxygen atoms in total. The third-order valence-electron chi connectivity index (χ3n) is 3.21. The van der Waals surface area contributed by atoms with Crippen molar-refractivity contribution in [1.29, 1.82) is 0 Å². The predicted octanol–water partition coefficient (Wildman–Crippen LogP) is -0.298. The van der Waals surface area contributed by atoms with Crippen molar-refractivity contribution in [1.82, 2.24) is 5.32 Å². The summed E-state index contributed by atoms with van der Waals surface area (Å²) in [5.74, 6) is -3.07. The number of benzene rings is 1. The minimum absolute atomic E-state index is 0.488. The Kier molecular flexibility index (Phi) is 2.46. The quantitative estimate of drug-likeness (QED) is 0.542. The molecule has 3 N–H and O–H groups in total. The second-order valence-electron chi connectivity index (χ2n) is 4.22. The van der Waals surface area contributed by atoms with Crippen LogP contribution in [0.1, 0.15) is 12.5 Å². The molecule has 2 atom stereocenters. The first-order valence-corrected chi connectivity index (χ1v) is 5.18. The Bertz CT molecular complexity index is 498. The van der Waals surface area contributed by atoms with Crippen LogP contribution in [0.15, 0.2) is 30.3 Å². The van der Waals surface area contributed by atoms with Crippen LogP contribution < -0.4 is 11.1 Å². The largest absolute Gasteiger partial charge is 0.369 e. The number of carbonyl (C=O) groups is 3. The minimum atomic E-state index is -1.22. The van der Waals surface area contributed by atoms with Crippen LogP contribution in [-0.4, -0.2) is 17.7 Å². The Morgan fingerprint density at radius 3 is 2.41 bits per heavy atom. The van der Waals surface area contributed by atoms with Gasteiger partial charge in [-0.2, -0.15) is 0 Å². The molecule has 0 aliphatic carbocycles. The molecule has 1 fully saturated rings. The van der Waals surface area contributed by atoms with Crippen LogP contribution in [0.2, 0.25) is 0 Å². The van der Waals surface area contributed by atoms with Gasteiger partial charge in [-0.15, -0.1) is 0 Å². The van der Waals surface area contributed by atoms with Crippen molar-refractivity contribution in [2.45, 2.75) is 12.3 Å². The Labute approximate surface area is 98.0 Å². The monoisotopic (exact) mass is 232 g/mol. The van der Waals surface area contributed by atoms with Gasteiger partial charge in [-0.3, -0.25) is 19.7 Å². The normalized spacial score (nSPS) is 27.9. The summed E-state index contributed by atoms with van der Waals surface area (Å²) >= 11 is 0. The molecule has 5 heteroatoms. The van der Waals surface area contributed by atoms with Crippen molar-refractivity contribution >= 4 is 17.7 Å². The van der Waals surface area contributed by atoms with E-state index < -0.39 is 29.1 Å². The number of primary amides is 1. The first kappa shape index (κ1) is 11.3. The fourth-order valence-corrected chi connectivity index (χ4v) is 2.20. The van der Waals surface area contributed by atoms with Crippen LogP contribution in [0.25, 0.3) is 0 Å². The SMILES string of the molecule is CC1(c2ccccc2)C(=O)NC(=O)C1C(N)=O. The fraction of sp³-hybridized carbons (Fsp3) is 0.250. The highest BCUT2D eigenvalue weighted by Crippen LogP contribution is 2.36. The van der Waals surface area contributed by atoms with Gasteiger partial charge in [0.1, 0.15) is 5.92 Å². The van der Waals surface area contributed by atoms with Crippen molar-refractivity contribution in [3.8, 4) is 0 Å². The highest BCUT2D eigenvalue weighted by molar-refractivity contribution is 6.18. The van der Waals surface area contributed by atoms with E-state index in [1.54, 1.807) is 37.3 Å². The molecule has 1 aliphatic heterocycles. The molecule has 3 amide bonds.